The number of nitrogens with zero attached hydrogens (tertiary/aromatic N) is 1. The van der Waals surface area contributed by atoms with Crippen LogP contribution in [0.25, 0.3) is 0 Å². The third-order valence-corrected chi connectivity index (χ3v) is 4.13. The van der Waals surface area contributed by atoms with Gasteiger partial charge in [-0.1, -0.05) is 25.0 Å². The lowest BCUT2D eigenvalue weighted by Crippen LogP contribution is -2.46. The molecule has 2 unspecified atom stereocenters. The van der Waals surface area contributed by atoms with Crippen LogP contribution in [0.5, 0.6) is 0 Å². The molecule has 2 fully saturated rings. The molecule has 0 amide bonds. The molecule has 0 N–H and O–H groups in total. The molecule has 0 radical (unpaired) electrons. The van der Waals surface area contributed by atoms with Gasteiger partial charge in [0.05, 0.1) is 0 Å². The van der Waals surface area contributed by atoms with Crippen molar-refractivity contribution in [2.75, 3.05) is 19.0 Å². The summed E-state index contributed by atoms with van der Waals surface area (Å²) in [6.07, 6.45) is 13.0. The van der Waals surface area contributed by atoms with E-state index in [2.05, 4.69) is 17.1 Å². The molecule has 0 spiro atoms. The highest BCUT2D eigenvalue weighted by Gasteiger charge is 2.32. The lowest BCUT2D eigenvalue weighted by Gasteiger charge is -2.43. The first-order chi connectivity index (χ1) is 7.42. The highest BCUT2D eigenvalue weighted by molar-refractivity contribution is 6.18. The lowest BCUT2D eigenvalue weighted by atomic mass is 9.78. The van der Waals surface area contributed by atoms with Crippen LogP contribution in [0.2, 0.25) is 0 Å². The molecule has 2 rings (SSSR count). The van der Waals surface area contributed by atoms with E-state index in [1.807, 2.05) is 0 Å². The van der Waals surface area contributed by atoms with Gasteiger partial charge in [-0.25, -0.2) is 0 Å². The second kappa shape index (κ2) is 5.91. The van der Waals surface area contributed by atoms with Crippen molar-refractivity contribution in [1.82, 2.24) is 4.90 Å². The summed E-state index contributed by atoms with van der Waals surface area (Å²) < 4.78 is 0. The summed E-state index contributed by atoms with van der Waals surface area (Å²) in [4.78, 5) is 2.68. The number of fused-ring (bicyclic) bond motifs is 1. The summed E-state index contributed by atoms with van der Waals surface area (Å²) in [6, 6.07) is 0.882. The zero-order valence-corrected chi connectivity index (χ0v) is 10.3. The number of allylic oxidation sites excluding steroid dienone is 1. The Hall–Kier alpha value is -0.0100. The number of hydrogen-bond donors (Lipinski definition) is 0. The van der Waals surface area contributed by atoms with Crippen molar-refractivity contribution in [3.63, 3.8) is 0 Å². The van der Waals surface area contributed by atoms with E-state index in [1.165, 1.54) is 45.1 Å². The van der Waals surface area contributed by atoms with E-state index in [0.717, 1.165) is 18.5 Å². The first kappa shape index (κ1) is 11.5. The van der Waals surface area contributed by atoms with Crippen LogP contribution in [0.15, 0.2) is 12.2 Å². The maximum atomic E-state index is 5.65. The summed E-state index contributed by atoms with van der Waals surface area (Å²) >= 11 is 5.65. The zero-order valence-electron chi connectivity index (χ0n) is 9.50. The number of alkyl halides is 1. The standard InChI is InChI=1S/C13H22ClN/c14-9-3-4-10-15-11-5-7-12-6-1-2-8-13(12)15/h3-4,12-13H,1-2,5-11H2. The van der Waals surface area contributed by atoms with Crippen molar-refractivity contribution < 1.29 is 0 Å². The van der Waals surface area contributed by atoms with Crippen LogP contribution < -0.4 is 0 Å². The van der Waals surface area contributed by atoms with E-state index in [9.17, 15) is 0 Å². The third kappa shape index (κ3) is 2.98. The van der Waals surface area contributed by atoms with Gasteiger partial charge in [0, 0.05) is 18.5 Å². The second-order valence-corrected chi connectivity index (χ2v) is 5.18. The molecule has 0 aromatic carbocycles. The molecule has 2 heteroatoms. The molecule has 2 aliphatic rings. The van der Waals surface area contributed by atoms with Gasteiger partial charge in [0.2, 0.25) is 0 Å². The Bertz CT molecular complexity index is 213. The van der Waals surface area contributed by atoms with Gasteiger partial charge in [-0.15, -0.1) is 11.6 Å². The van der Waals surface area contributed by atoms with Crippen molar-refractivity contribution in [3.8, 4) is 0 Å². The Morgan fingerprint density at radius 1 is 1.07 bits per heavy atom. The molecule has 1 aliphatic heterocycles. The Kier molecular flexibility index (Phi) is 4.52. The summed E-state index contributed by atoms with van der Waals surface area (Å²) in [7, 11) is 0. The fraction of sp³-hybridized carbons (Fsp3) is 0.846. The van der Waals surface area contributed by atoms with Gasteiger partial charge < -0.3 is 0 Å². The molecule has 1 nitrogen and oxygen atoms in total. The van der Waals surface area contributed by atoms with E-state index in [1.54, 1.807) is 0 Å². The van der Waals surface area contributed by atoms with E-state index in [4.69, 9.17) is 11.6 Å². The van der Waals surface area contributed by atoms with Gasteiger partial charge in [0.1, 0.15) is 0 Å². The van der Waals surface area contributed by atoms with E-state index < -0.39 is 0 Å². The quantitative estimate of drug-likeness (QED) is 0.528. The second-order valence-electron chi connectivity index (χ2n) is 4.87. The van der Waals surface area contributed by atoms with E-state index in [0.29, 0.717) is 5.88 Å². The Labute approximate surface area is 98.5 Å². The summed E-state index contributed by atoms with van der Waals surface area (Å²) in [5.41, 5.74) is 0. The number of rotatable bonds is 3. The van der Waals surface area contributed by atoms with Crippen molar-refractivity contribution in [2.24, 2.45) is 5.92 Å². The minimum absolute atomic E-state index is 0.655. The maximum Gasteiger partial charge on any atom is 0.0404 e. The van der Waals surface area contributed by atoms with Gasteiger partial charge in [-0.3, -0.25) is 4.90 Å². The van der Waals surface area contributed by atoms with Gasteiger partial charge in [0.15, 0.2) is 0 Å². The van der Waals surface area contributed by atoms with Crippen LogP contribution in [-0.2, 0) is 0 Å². The average molecular weight is 228 g/mol. The third-order valence-electron chi connectivity index (χ3n) is 3.95. The fourth-order valence-electron chi connectivity index (χ4n) is 3.23. The normalized spacial score (nSPS) is 33.1. The van der Waals surface area contributed by atoms with Crippen LogP contribution in [0.3, 0.4) is 0 Å². The molecule has 0 aromatic heterocycles. The summed E-state index contributed by atoms with van der Waals surface area (Å²) in [5, 5.41) is 0. The number of hydrogen-bond acceptors (Lipinski definition) is 1. The monoisotopic (exact) mass is 227 g/mol. The van der Waals surface area contributed by atoms with Crippen LogP contribution >= 0.6 is 11.6 Å². The summed E-state index contributed by atoms with van der Waals surface area (Å²) in [5.74, 6) is 1.65. The Balaban J connectivity index is 1.88. The van der Waals surface area contributed by atoms with Crippen molar-refractivity contribution in [1.29, 1.82) is 0 Å². The number of likely N-dealkylation sites (tertiary alicyclic amines) is 1. The topological polar surface area (TPSA) is 3.24 Å². The summed E-state index contributed by atoms with van der Waals surface area (Å²) in [6.45, 7) is 2.42. The van der Waals surface area contributed by atoms with Crippen molar-refractivity contribution in [2.45, 2.75) is 44.6 Å². The van der Waals surface area contributed by atoms with Crippen LogP contribution in [0, 0.1) is 5.92 Å². The molecule has 15 heavy (non-hydrogen) atoms. The smallest absolute Gasteiger partial charge is 0.0404 e. The van der Waals surface area contributed by atoms with Gasteiger partial charge in [-0.2, -0.15) is 0 Å². The van der Waals surface area contributed by atoms with Crippen molar-refractivity contribution in [3.05, 3.63) is 12.2 Å². The lowest BCUT2D eigenvalue weighted by molar-refractivity contribution is 0.0711. The predicted molar refractivity (Wildman–Crippen MR) is 66.4 cm³/mol. The first-order valence-corrected chi connectivity index (χ1v) is 6.90. The molecule has 1 saturated carbocycles. The molecule has 0 bridgehead atoms. The Morgan fingerprint density at radius 3 is 2.73 bits per heavy atom. The van der Waals surface area contributed by atoms with Crippen LogP contribution in [-0.4, -0.2) is 29.9 Å². The fourth-order valence-corrected chi connectivity index (χ4v) is 3.35. The maximum absolute atomic E-state index is 5.65. The highest BCUT2D eigenvalue weighted by Crippen LogP contribution is 2.34. The average Bonchev–Trinajstić information content (AvgIpc) is 2.30. The minimum atomic E-state index is 0.655. The molecule has 1 heterocycles. The molecular formula is C13H22ClN. The predicted octanol–water partition coefficient (Wildman–Crippen LogP) is 3.44. The molecule has 0 aromatic rings. The number of halogens is 1. The first-order valence-electron chi connectivity index (χ1n) is 6.37. The molecule has 1 aliphatic carbocycles. The molecule has 2 atom stereocenters. The van der Waals surface area contributed by atoms with Gasteiger partial charge in [0.25, 0.3) is 0 Å². The zero-order chi connectivity index (χ0) is 10.5. The highest BCUT2D eigenvalue weighted by atomic mass is 35.5. The Morgan fingerprint density at radius 2 is 1.87 bits per heavy atom. The van der Waals surface area contributed by atoms with Gasteiger partial charge >= 0.3 is 0 Å². The van der Waals surface area contributed by atoms with Crippen LogP contribution in [0.1, 0.15) is 38.5 Å². The molecule has 86 valence electrons. The molecular weight excluding hydrogens is 206 g/mol. The molecule has 1 saturated heterocycles. The number of piperidine rings is 1. The van der Waals surface area contributed by atoms with E-state index in [-0.39, 0.29) is 0 Å². The van der Waals surface area contributed by atoms with Gasteiger partial charge in [-0.05, 0) is 38.1 Å². The SMILES string of the molecule is ClCC=CCN1CCCC2CCCCC21. The minimum Gasteiger partial charge on any atom is -0.296 e. The van der Waals surface area contributed by atoms with E-state index >= 15 is 0 Å². The van der Waals surface area contributed by atoms with Crippen molar-refractivity contribution >= 4 is 11.6 Å². The van der Waals surface area contributed by atoms with Crippen LogP contribution in [0.4, 0.5) is 0 Å². The largest absolute Gasteiger partial charge is 0.296 e.